The predicted octanol–water partition coefficient (Wildman–Crippen LogP) is 5.24. The van der Waals surface area contributed by atoms with Crippen molar-refractivity contribution in [2.45, 2.75) is 150 Å². The topological polar surface area (TPSA) is 143 Å². The minimum Gasteiger partial charge on any atom is -0.481 e. The first-order valence-corrected chi connectivity index (χ1v) is 17.7. The Morgan fingerprint density at radius 1 is 0.891 bits per heavy atom. The van der Waals surface area contributed by atoms with Crippen molar-refractivity contribution < 1.29 is 44.2 Å². The number of aliphatic carboxylic acids is 1. The fraction of sp³-hybridized carbons (Fsp3) is 0.892. The maximum absolute atomic E-state index is 13.0. The van der Waals surface area contributed by atoms with Gasteiger partial charge in [0.2, 0.25) is 0 Å². The summed E-state index contributed by atoms with van der Waals surface area (Å²) < 4.78 is 17.8. The van der Waals surface area contributed by atoms with Crippen LogP contribution in [-0.2, 0) is 23.8 Å². The van der Waals surface area contributed by atoms with Gasteiger partial charge >= 0.3 is 11.9 Å². The van der Waals surface area contributed by atoms with E-state index in [0.717, 1.165) is 38.5 Å². The lowest BCUT2D eigenvalue weighted by Gasteiger charge is -2.71. The lowest BCUT2D eigenvalue weighted by atomic mass is 9.33. The van der Waals surface area contributed by atoms with Gasteiger partial charge in [-0.1, -0.05) is 60.1 Å². The van der Waals surface area contributed by atoms with E-state index in [0.29, 0.717) is 31.1 Å². The van der Waals surface area contributed by atoms with Gasteiger partial charge in [0, 0.05) is 12.8 Å². The highest BCUT2D eigenvalue weighted by Crippen LogP contribution is 2.76. The zero-order valence-corrected chi connectivity index (χ0v) is 29.2. The van der Waals surface area contributed by atoms with E-state index in [2.05, 4.69) is 54.5 Å². The van der Waals surface area contributed by atoms with Crippen LogP contribution in [0.15, 0.2) is 11.6 Å². The smallest absolute Gasteiger partial charge is 0.310 e. The monoisotopic (exact) mass is 646 g/mol. The van der Waals surface area contributed by atoms with E-state index < -0.39 is 48.1 Å². The third-order valence-corrected chi connectivity index (χ3v) is 15.2. The second-order valence-corrected chi connectivity index (χ2v) is 18.0. The van der Waals surface area contributed by atoms with Gasteiger partial charge in [-0.05, 0) is 96.7 Å². The van der Waals surface area contributed by atoms with Crippen molar-refractivity contribution in [2.24, 2.45) is 50.2 Å². The fourth-order valence-corrected chi connectivity index (χ4v) is 12.2. The van der Waals surface area contributed by atoms with E-state index in [9.17, 15) is 30.0 Å². The van der Waals surface area contributed by atoms with Gasteiger partial charge in [-0.2, -0.15) is 0 Å². The van der Waals surface area contributed by atoms with Gasteiger partial charge < -0.3 is 34.6 Å². The fourth-order valence-electron chi connectivity index (χ4n) is 12.2. The maximum atomic E-state index is 13.0. The molecule has 4 N–H and O–H groups in total. The molecule has 46 heavy (non-hydrogen) atoms. The molecule has 1 aliphatic heterocycles. The minimum absolute atomic E-state index is 0.00556. The second-order valence-electron chi connectivity index (χ2n) is 18.0. The molecule has 1 saturated heterocycles. The Morgan fingerprint density at radius 2 is 1.57 bits per heavy atom. The van der Waals surface area contributed by atoms with Crippen molar-refractivity contribution in [3.63, 3.8) is 0 Å². The van der Waals surface area contributed by atoms with Crippen LogP contribution in [0.4, 0.5) is 0 Å². The van der Waals surface area contributed by atoms with E-state index >= 15 is 0 Å². The van der Waals surface area contributed by atoms with Gasteiger partial charge in [0.1, 0.15) is 12.2 Å². The molecule has 6 rings (SSSR count). The number of aliphatic hydroxyl groups is 3. The largest absolute Gasteiger partial charge is 0.481 e. The van der Waals surface area contributed by atoms with Gasteiger partial charge in [-0.3, -0.25) is 9.59 Å². The molecule has 13 atom stereocenters. The average molecular weight is 647 g/mol. The molecule has 9 heteroatoms. The number of carbonyl (C=O) groups excluding carboxylic acids is 1. The van der Waals surface area contributed by atoms with E-state index in [1.54, 1.807) is 0 Å². The van der Waals surface area contributed by atoms with Crippen molar-refractivity contribution in [3.05, 3.63) is 11.6 Å². The van der Waals surface area contributed by atoms with E-state index in [1.807, 2.05) is 0 Å². The van der Waals surface area contributed by atoms with E-state index in [-0.39, 0.29) is 45.7 Å². The number of hydrogen-bond donors (Lipinski definition) is 4. The highest BCUT2D eigenvalue weighted by molar-refractivity contribution is 5.77. The Morgan fingerprint density at radius 3 is 2.22 bits per heavy atom. The third-order valence-electron chi connectivity index (χ3n) is 15.2. The van der Waals surface area contributed by atoms with Crippen LogP contribution in [0.1, 0.15) is 113 Å². The molecule has 5 fully saturated rings. The number of fused-ring (bicyclic) bond motifs is 7. The summed E-state index contributed by atoms with van der Waals surface area (Å²) in [6.45, 7) is 17.2. The van der Waals surface area contributed by atoms with Crippen molar-refractivity contribution in [1.82, 2.24) is 0 Å². The lowest BCUT2D eigenvalue weighted by molar-refractivity contribution is -0.310. The Hall–Kier alpha value is -1.52. The molecule has 0 aromatic carbocycles. The molecular weight excluding hydrogens is 588 g/mol. The van der Waals surface area contributed by atoms with Crippen molar-refractivity contribution in [2.75, 3.05) is 6.61 Å². The van der Waals surface area contributed by atoms with Crippen LogP contribution in [0.5, 0.6) is 0 Å². The second kappa shape index (κ2) is 11.0. The number of hydrogen-bond acceptors (Lipinski definition) is 8. The van der Waals surface area contributed by atoms with Crippen LogP contribution in [-0.4, -0.2) is 75.8 Å². The number of carbonyl (C=O) groups is 2. The Kier molecular flexibility index (Phi) is 8.21. The van der Waals surface area contributed by atoms with Crippen LogP contribution in [0, 0.1) is 50.2 Å². The number of ether oxygens (including phenoxy) is 3. The molecule has 9 nitrogen and oxygen atoms in total. The van der Waals surface area contributed by atoms with E-state index in [1.165, 1.54) is 12.5 Å². The van der Waals surface area contributed by atoms with Gasteiger partial charge in [0.05, 0.1) is 24.2 Å². The number of allylic oxidation sites excluding steroid dienone is 1. The first-order chi connectivity index (χ1) is 21.3. The van der Waals surface area contributed by atoms with Crippen molar-refractivity contribution in [1.29, 1.82) is 0 Å². The zero-order chi connectivity index (χ0) is 33.8. The molecule has 4 saturated carbocycles. The summed E-state index contributed by atoms with van der Waals surface area (Å²) in [5.74, 6) is -0.967. The number of carboxylic acid groups (broad SMARTS) is 1. The summed E-state index contributed by atoms with van der Waals surface area (Å²) >= 11 is 0. The lowest BCUT2D eigenvalue weighted by Crippen LogP contribution is -2.67. The molecule has 0 amide bonds. The molecule has 0 radical (unpaired) electrons. The van der Waals surface area contributed by atoms with Gasteiger partial charge in [0.15, 0.2) is 12.4 Å². The number of rotatable bonds is 4. The molecule has 0 aromatic rings. The zero-order valence-electron chi connectivity index (χ0n) is 29.2. The number of carboxylic acids is 1. The van der Waals surface area contributed by atoms with Crippen LogP contribution >= 0.6 is 0 Å². The SMILES string of the molecule is CC(=O)O[C@H]1[C@H](O[C@H]2CC[C@]3(C)[C@H]4CC=C5[C@@H]6[C@H](O)C(C)(C)CC[C@]6(C(=O)O)CC[C@@]5(C)[C@]4(C)CC[C@H]3C2(C)C)OC[C@@H](O)[C@@H]1O. The van der Waals surface area contributed by atoms with Crippen LogP contribution in [0.25, 0.3) is 0 Å². The number of esters is 1. The molecule has 0 spiro atoms. The van der Waals surface area contributed by atoms with Crippen LogP contribution in [0.3, 0.4) is 0 Å². The minimum atomic E-state index is -1.29. The molecule has 0 aromatic heterocycles. The highest BCUT2D eigenvalue weighted by Gasteiger charge is 2.70. The number of aliphatic hydroxyl groups excluding tert-OH is 3. The van der Waals surface area contributed by atoms with Gasteiger partial charge in [-0.25, -0.2) is 0 Å². The summed E-state index contributed by atoms with van der Waals surface area (Å²) in [5.41, 5.74) is -0.544. The third kappa shape index (κ3) is 4.64. The Labute approximate surface area is 274 Å². The highest BCUT2D eigenvalue weighted by atomic mass is 16.7. The van der Waals surface area contributed by atoms with E-state index in [4.69, 9.17) is 14.2 Å². The van der Waals surface area contributed by atoms with Crippen LogP contribution in [0.2, 0.25) is 0 Å². The van der Waals surface area contributed by atoms with Crippen molar-refractivity contribution in [3.8, 4) is 0 Å². The molecular formula is C37H58O9. The summed E-state index contributed by atoms with van der Waals surface area (Å²) in [5, 5.41) is 43.4. The van der Waals surface area contributed by atoms with Crippen molar-refractivity contribution >= 4 is 11.9 Å². The summed E-state index contributed by atoms with van der Waals surface area (Å²) in [4.78, 5) is 24.8. The first kappa shape index (κ1) is 34.3. The predicted molar refractivity (Wildman–Crippen MR) is 170 cm³/mol. The molecule has 260 valence electrons. The molecule has 1 heterocycles. The van der Waals surface area contributed by atoms with Gasteiger partial charge in [0.25, 0.3) is 0 Å². The molecule has 5 aliphatic carbocycles. The normalized spacial score (nSPS) is 50.9. The molecule has 0 unspecified atom stereocenters. The molecule has 0 bridgehead atoms. The van der Waals surface area contributed by atoms with Gasteiger partial charge in [-0.15, -0.1) is 0 Å². The summed E-state index contributed by atoms with van der Waals surface area (Å²) in [7, 11) is 0. The maximum Gasteiger partial charge on any atom is 0.310 e. The molecule has 6 aliphatic rings. The quantitative estimate of drug-likeness (QED) is 0.183. The Bertz CT molecular complexity index is 1280. The summed E-state index contributed by atoms with van der Waals surface area (Å²) in [6.07, 6.45) is 4.31. The summed E-state index contributed by atoms with van der Waals surface area (Å²) in [6, 6.07) is 0. The van der Waals surface area contributed by atoms with Crippen LogP contribution < -0.4 is 0 Å². The Balaban J connectivity index is 1.30. The first-order valence-electron chi connectivity index (χ1n) is 17.7. The average Bonchev–Trinajstić information content (AvgIpc) is 2.96. The standard InChI is InChI=1S/C37H58O9/c1-20(38)45-28-27(40)22(39)19-44-30(28)46-25-12-13-34(6)23(33(25,4)5)11-14-36(8)24(34)10-9-21-26-29(41)32(2,3)15-17-37(26,31(42)43)18-16-35(21,36)7/h9,22-30,39-41H,10-19H2,1-8H3,(H,42,43)/t22-,23+,24-,25+,26-,27+,28-,29+,30+,34+,35-,36-,37+/m1/s1.